The van der Waals surface area contributed by atoms with Crippen LogP contribution in [-0.2, 0) is 28.2 Å². The highest BCUT2D eigenvalue weighted by Crippen LogP contribution is 2.35. The van der Waals surface area contributed by atoms with Gasteiger partial charge in [0.2, 0.25) is 0 Å². The zero-order valence-electron chi connectivity index (χ0n) is 32.2. The standard InChI is InChI=1S/C43H69O8P/c1-3-5-7-9-11-13-15-17-19-21-23-25-27-29-31-33-35-37-42(44)49-39-41(40-50-52(46,47)48)51-43(45)38-36-34-32-30-28-26-24-22-20-18-16-14-12-10-8-6-4-2/h8,10-11,13-14,16-17,19-20,22-23,25-26,28-29,31,41H,3-7,9,12,15,18,21,24,27,30,32-40H2,1-2H3,(H2,46,47,48)/b10-8+,13-11+,16-14+,19-17+,22-20+,25-23+,28-26+,31-29+/t41-/m1/s1. The minimum absolute atomic E-state index is 0.157. The summed E-state index contributed by atoms with van der Waals surface area (Å²) in [5.74, 6) is -0.998. The van der Waals surface area contributed by atoms with E-state index >= 15 is 0 Å². The Bertz CT molecular complexity index is 1160. The second kappa shape index (κ2) is 37.7. The van der Waals surface area contributed by atoms with Crippen molar-refractivity contribution < 1.29 is 37.9 Å². The smallest absolute Gasteiger partial charge is 0.462 e. The average molecular weight is 745 g/mol. The van der Waals surface area contributed by atoms with Crippen LogP contribution in [0.5, 0.6) is 0 Å². The summed E-state index contributed by atoms with van der Waals surface area (Å²) in [7, 11) is -4.78. The highest BCUT2D eigenvalue weighted by Gasteiger charge is 2.22. The molecule has 8 nitrogen and oxygen atoms in total. The molecule has 0 rings (SSSR count). The molecule has 0 unspecified atom stereocenters. The largest absolute Gasteiger partial charge is 0.469 e. The summed E-state index contributed by atoms with van der Waals surface area (Å²) < 4.78 is 26.3. The van der Waals surface area contributed by atoms with Crippen LogP contribution < -0.4 is 0 Å². The molecule has 0 amide bonds. The SMILES string of the molecule is CCC/C=C/C/C=C/C/C=C/C/C=C/CCCCCC(=O)O[C@H](COC(=O)CCC/C=C/C/C=C/C/C=C/C/C=C/CCCCC)COP(=O)(O)O. The molecule has 0 heterocycles. The lowest BCUT2D eigenvalue weighted by Gasteiger charge is -2.18. The minimum atomic E-state index is -4.78. The van der Waals surface area contributed by atoms with E-state index in [4.69, 9.17) is 19.3 Å². The second-order valence-corrected chi connectivity index (χ2v) is 13.8. The first-order chi connectivity index (χ1) is 25.3. The quantitative estimate of drug-likeness (QED) is 0.0289. The molecular weight excluding hydrogens is 675 g/mol. The fraction of sp³-hybridized carbons (Fsp3) is 0.581. The van der Waals surface area contributed by atoms with Crippen molar-refractivity contribution in [1.82, 2.24) is 0 Å². The topological polar surface area (TPSA) is 119 Å². The molecule has 0 aromatic heterocycles. The molecule has 294 valence electrons. The van der Waals surface area contributed by atoms with Crippen LogP contribution in [0.15, 0.2) is 97.2 Å². The highest BCUT2D eigenvalue weighted by molar-refractivity contribution is 7.46. The van der Waals surface area contributed by atoms with Crippen LogP contribution in [0.4, 0.5) is 0 Å². The number of rotatable bonds is 34. The molecule has 0 saturated heterocycles. The first-order valence-electron chi connectivity index (χ1n) is 19.5. The molecule has 0 saturated carbocycles. The monoisotopic (exact) mass is 744 g/mol. The van der Waals surface area contributed by atoms with Gasteiger partial charge in [0, 0.05) is 12.8 Å². The van der Waals surface area contributed by atoms with Crippen LogP contribution in [0.25, 0.3) is 0 Å². The number of carbonyl (C=O) groups excluding carboxylic acids is 2. The Morgan fingerprint density at radius 2 is 0.923 bits per heavy atom. The van der Waals surface area contributed by atoms with Gasteiger partial charge in [-0.05, 0) is 89.9 Å². The Kier molecular flexibility index (Phi) is 35.5. The maximum atomic E-state index is 12.4. The lowest BCUT2D eigenvalue weighted by molar-refractivity contribution is -0.161. The number of hydrogen-bond acceptors (Lipinski definition) is 6. The van der Waals surface area contributed by atoms with Gasteiger partial charge >= 0.3 is 19.8 Å². The zero-order chi connectivity index (χ0) is 38.2. The molecule has 0 aliphatic carbocycles. The van der Waals surface area contributed by atoms with Gasteiger partial charge in [0.1, 0.15) is 6.61 Å². The summed E-state index contributed by atoms with van der Waals surface area (Å²) in [6.07, 6.45) is 51.3. The van der Waals surface area contributed by atoms with Crippen molar-refractivity contribution in [3.05, 3.63) is 97.2 Å². The Labute approximate surface area is 315 Å². The normalized spacial score (nSPS) is 13.5. The lowest BCUT2D eigenvalue weighted by Crippen LogP contribution is -2.29. The van der Waals surface area contributed by atoms with Crippen molar-refractivity contribution in [2.24, 2.45) is 0 Å². The van der Waals surface area contributed by atoms with Crippen molar-refractivity contribution in [1.29, 1.82) is 0 Å². The van der Waals surface area contributed by atoms with Gasteiger partial charge in [0.15, 0.2) is 6.10 Å². The second-order valence-electron chi connectivity index (χ2n) is 12.5. The average Bonchev–Trinajstić information content (AvgIpc) is 3.11. The van der Waals surface area contributed by atoms with E-state index in [0.717, 1.165) is 70.6 Å². The number of unbranched alkanes of at least 4 members (excludes halogenated alkanes) is 8. The fourth-order valence-electron chi connectivity index (χ4n) is 4.65. The molecule has 52 heavy (non-hydrogen) atoms. The van der Waals surface area contributed by atoms with E-state index < -0.39 is 32.5 Å². The van der Waals surface area contributed by atoms with E-state index in [2.05, 4.69) is 110 Å². The summed E-state index contributed by atoms with van der Waals surface area (Å²) in [5, 5.41) is 0. The van der Waals surface area contributed by atoms with Crippen LogP contribution >= 0.6 is 7.82 Å². The molecule has 0 aliphatic heterocycles. The summed E-state index contributed by atoms with van der Waals surface area (Å²) >= 11 is 0. The fourth-order valence-corrected chi connectivity index (χ4v) is 5.01. The van der Waals surface area contributed by atoms with E-state index in [9.17, 15) is 14.2 Å². The predicted octanol–water partition coefficient (Wildman–Crippen LogP) is 11.8. The third-order valence-corrected chi connectivity index (χ3v) is 8.04. The van der Waals surface area contributed by atoms with Gasteiger partial charge in [0.05, 0.1) is 6.61 Å². The van der Waals surface area contributed by atoms with E-state index in [0.29, 0.717) is 12.8 Å². The summed E-state index contributed by atoms with van der Waals surface area (Å²) in [6.45, 7) is 3.49. The maximum absolute atomic E-state index is 12.4. The number of allylic oxidation sites excluding steroid dienone is 16. The van der Waals surface area contributed by atoms with Crippen LogP contribution in [0, 0.1) is 0 Å². The van der Waals surface area contributed by atoms with Gasteiger partial charge in [-0.3, -0.25) is 14.1 Å². The van der Waals surface area contributed by atoms with Gasteiger partial charge in [-0.1, -0.05) is 137 Å². The van der Waals surface area contributed by atoms with Gasteiger partial charge in [0.25, 0.3) is 0 Å². The Morgan fingerprint density at radius 3 is 1.38 bits per heavy atom. The van der Waals surface area contributed by atoms with E-state index in [-0.39, 0.29) is 19.4 Å². The number of ether oxygens (including phenoxy) is 2. The van der Waals surface area contributed by atoms with E-state index in [1.807, 2.05) is 6.08 Å². The molecule has 0 bridgehead atoms. The molecule has 1 atom stereocenters. The molecular formula is C43H69O8P. The molecule has 9 heteroatoms. The Hall–Kier alpha value is -3.03. The van der Waals surface area contributed by atoms with Crippen molar-refractivity contribution >= 4 is 19.8 Å². The van der Waals surface area contributed by atoms with E-state index in [1.54, 1.807) is 0 Å². The van der Waals surface area contributed by atoms with Gasteiger partial charge in [-0.15, -0.1) is 0 Å². The summed E-state index contributed by atoms with van der Waals surface area (Å²) in [5.41, 5.74) is 0. The number of carbonyl (C=O) groups is 2. The van der Waals surface area contributed by atoms with Crippen molar-refractivity contribution in [3.8, 4) is 0 Å². The van der Waals surface area contributed by atoms with Gasteiger partial charge in [-0.25, -0.2) is 4.57 Å². The number of phosphoric acid groups is 1. The van der Waals surface area contributed by atoms with Crippen LogP contribution in [0.2, 0.25) is 0 Å². The van der Waals surface area contributed by atoms with Crippen LogP contribution in [0.1, 0.15) is 142 Å². The third-order valence-electron chi connectivity index (χ3n) is 7.56. The Morgan fingerprint density at radius 1 is 0.500 bits per heavy atom. The number of phosphoric ester groups is 1. The Balaban J connectivity index is 4.15. The molecule has 0 spiro atoms. The molecule has 0 fully saturated rings. The zero-order valence-corrected chi connectivity index (χ0v) is 33.1. The number of hydrogen-bond donors (Lipinski definition) is 2. The maximum Gasteiger partial charge on any atom is 0.469 e. The molecule has 0 aromatic carbocycles. The molecule has 0 aromatic rings. The first-order valence-corrected chi connectivity index (χ1v) is 21.1. The van der Waals surface area contributed by atoms with Crippen molar-refractivity contribution in [3.63, 3.8) is 0 Å². The number of esters is 2. The van der Waals surface area contributed by atoms with Crippen molar-refractivity contribution in [2.75, 3.05) is 13.2 Å². The molecule has 0 radical (unpaired) electrons. The third kappa shape index (κ3) is 39.8. The summed E-state index contributed by atoms with van der Waals surface area (Å²) in [4.78, 5) is 42.7. The molecule has 0 aliphatic rings. The van der Waals surface area contributed by atoms with Gasteiger partial charge < -0.3 is 19.3 Å². The summed E-state index contributed by atoms with van der Waals surface area (Å²) in [6, 6.07) is 0. The molecule has 2 N–H and O–H groups in total. The van der Waals surface area contributed by atoms with Crippen LogP contribution in [-0.4, -0.2) is 41.0 Å². The first kappa shape index (κ1) is 49.0. The predicted molar refractivity (Wildman–Crippen MR) is 216 cm³/mol. The minimum Gasteiger partial charge on any atom is -0.462 e. The highest BCUT2D eigenvalue weighted by atomic mass is 31.2. The van der Waals surface area contributed by atoms with Crippen molar-refractivity contribution in [2.45, 2.75) is 148 Å². The van der Waals surface area contributed by atoms with Crippen LogP contribution in [0.3, 0.4) is 0 Å². The van der Waals surface area contributed by atoms with E-state index in [1.165, 1.54) is 32.1 Å². The van der Waals surface area contributed by atoms with Gasteiger partial charge in [-0.2, -0.15) is 0 Å². The lowest BCUT2D eigenvalue weighted by atomic mass is 10.1.